The first-order chi connectivity index (χ1) is 16.8. The van der Waals surface area contributed by atoms with Crippen molar-refractivity contribution in [3.05, 3.63) is 65.2 Å². The van der Waals surface area contributed by atoms with Gasteiger partial charge in [-0.1, -0.05) is 49.7 Å². The molecule has 3 rings (SSSR count). The second-order valence-corrected chi connectivity index (χ2v) is 9.06. The average molecular weight is 479 g/mol. The minimum atomic E-state index is -0.561. The number of anilines is 1. The second kappa shape index (κ2) is 12.1. The third-order valence-corrected chi connectivity index (χ3v) is 5.51. The Bertz CT molecular complexity index is 1190. The van der Waals surface area contributed by atoms with Crippen molar-refractivity contribution in [2.24, 2.45) is 5.92 Å². The minimum Gasteiger partial charge on any atom is -0.506 e. The molecule has 0 spiro atoms. The van der Waals surface area contributed by atoms with E-state index in [2.05, 4.69) is 16.7 Å². The third kappa shape index (κ3) is 7.12. The number of unbranched alkanes of at least 4 members (excludes halogenated alkanes) is 1. The van der Waals surface area contributed by atoms with Crippen molar-refractivity contribution in [3.63, 3.8) is 0 Å². The number of hydrogen-bond donors (Lipinski definition) is 3. The van der Waals surface area contributed by atoms with Crippen molar-refractivity contribution in [1.29, 1.82) is 0 Å². The van der Waals surface area contributed by atoms with Gasteiger partial charge >= 0.3 is 6.09 Å². The van der Waals surface area contributed by atoms with Gasteiger partial charge in [-0.15, -0.1) is 0 Å². The van der Waals surface area contributed by atoms with E-state index < -0.39 is 6.09 Å². The lowest BCUT2D eigenvalue weighted by Crippen LogP contribution is -2.24. The van der Waals surface area contributed by atoms with Crippen molar-refractivity contribution >= 4 is 28.5 Å². The van der Waals surface area contributed by atoms with E-state index in [1.54, 1.807) is 30.3 Å². The van der Waals surface area contributed by atoms with E-state index in [1.807, 2.05) is 39.8 Å². The van der Waals surface area contributed by atoms with Gasteiger partial charge in [0, 0.05) is 17.3 Å². The molecule has 0 aliphatic rings. The molecule has 0 heterocycles. The molecule has 0 aromatic heterocycles. The van der Waals surface area contributed by atoms with E-state index in [9.17, 15) is 14.7 Å². The van der Waals surface area contributed by atoms with E-state index in [1.165, 1.54) is 5.56 Å². The molecule has 0 atom stereocenters. The summed E-state index contributed by atoms with van der Waals surface area (Å²) >= 11 is 0. The Morgan fingerprint density at radius 2 is 1.80 bits per heavy atom. The summed E-state index contributed by atoms with van der Waals surface area (Å²) < 4.78 is 11.0. The van der Waals surface area contributed by atoms with Crippen molar-refractivity contribution < 1.29 is 24.2 Å². The number of benzene rings is 3. The molecule has 3 aromatic rings. The van der Waals surface area contributed by atoms with Crippen LogP contribution in [-0.2, 0) is 4.74 Å². The Morgan fingerprint density at radius 3 is 2.54 bits per heavy atom. The molecule has 3 aromatic carbocycles. The van der Waals surface area contributed by atoms with Gasteiger partial charge in [-0.3, -0.25) is 10.1 Å². The molecule has 0 aliphatic heterocycles. The Balaban J connectivity index is 1.53. The maximum atomic E-state index is 12.7. The molecule has 0 saturated heterocycles. The number of aromatic hydroxyl groups is 1. The molecule has 0 bridgehead atoms. The average Bonchev–Trinajstić information content (AvgIpc) is 2.81. The molecule has 7 nitrogen and oxygen atoms in total. The van der Waals surface area contributed by atoms with Crippen molar-refractivity contribution in [3.8, 4) is 11.5 Å². The molecule has 7 heteroatoms. The predicted molar refractivity (Wildman–Crippen MR) is 138 cm³/mol. The summed E-state index contributed by atoms with van der Waals surface area (Å²) in [5, 5.41) is 17.4. The number of phenolic OH excluding ortho intramolecular Hbond substituents is 1. The highest BCUT2D eigenvalue weighted by Crippen LogP contribution is 2.33. The number of ether oxygens (including phenoxy) is 2. The molecule has 0 radical (unpaired) electrons. The second-order valence-electron chi connectivity index (χ2n) is 9.06. The Labute approximate surface area is 206 Å². The van der Waals surface area contributed by atoms with E-state index >= 15 is 0 Å². The van der Waals surface area contributed by atoms with E-state index in [0.717, 1.165) is 24.2 Å². The van der Waals surface area contributed by atoms with Gasteiger partial charge in [0.1, 0.15) is 11.5 Å². The van der Waals surface area contributed by atoms with Crippen LogP contribution in [0, 0.1) is 19.8 Å². The Kier molecular flexibility index (Phi) is 8.95. The van der Waals surface area contributed by atoms with Gasteiger partial charge in [0.05, 0.1) is 24.5 Å². The van der Waals surface area contributed by atoms with Gasteiger partial charge in [0.25, 0.3) is 5.91 Å². The zero-order valence-corrected chi connectivity index (χ0v) is 20.8. The normalized spacial score (nSPS) is 10.9. The first kappa shape index (κ1) is 25.9. The van der Waals surface area contributed by atoms with Crippen LogP contribution in [0.25, 0.3) is 10.8 Å². The SMILES string of the molecule is Cc1ccc(OCCCCNC(=O)c2ccc3c(NC(=O)OCC(C)C)cccc3c2O)c(C)c1. The molecule has 35 heavy (non-hydrogen) atoms. The zero-order valence-electron chi connectivity index (χ0n) is 20.8. The van der Waals surface area contributed by atoms with Crippen LogP contribution in [0.3, 0.4) is 0 Å². The van der Waals surface area contributed by atoms with Crippen LogP contribution in [0.4, 0.5) is 10.5 Å². The molecule has 0 saturated carbocycles. The Morgan fingerprint density at radius 1 is 1.00 bits per heavy atom. The number of nitrogens with one attached hydrogen (secondary N) is 2. The molecular formula is C28H34N2O5. The van der Waals surface area contributed by atoms with Crippen molar-refractivity contribution in [2.45, 2.75) is 40.5 Å². The highest BCUT2D eigenvalue weighted by atomic mass is 16.5. The number of carbonyl (C=O) groups excluding carboxylic acids is 2. The highest BCUT2D eigenvalue weighted by molar-refractivity contribution is 6.08. The smallest absolute Gasteiger partial charge is 0.411 e. The number of fused-ring (bicyclic) bond motifs is 1. The van der Waals surface area contributed by atoms with Crippen LogP contribution in [0.1, 0.15) is 48.2 Å². The molecule has 0 aliphatic carbocycles. The van der Waals surface area contributed by atoms with Crippen molar-refractivity contribution in [1.82, 2.24) is 5.32 Å². The van der Waals surface area contributed by atoms with Gasteiger partial charge in [-0.2, -0.15) is 0 Å². The molecule has 2 amide bonds. The summed E-state index contributed by atoms with van der Waals surface area (Å²) in [6, 6.07) is 14.5. The van der Waals surface area contributed by atoms with Gasteiger partial charge in [-0.25, -0.2) is 4.79 Å². The number of amides is 2. The van der Waals surface area contributed by atoms with Crippen LogP contribution >= 0.6 is 0 Å². The summed E-state index contributed by atoms with van der Waals surface area (Å²) in [4.78, 5) is 24.7. The van der Waals surface area contributed by atoms with Crippen LogP contribution in [0.2, 0.25) is 0 Å². The molecule has 3 N–H and O–H groups in total. The Hall–Kier alpha value is -3.74. The number of phenols is 1. The van der Waals surface area contributed by atoms with Gasteiger partial charge in [-0.05, 0) is 56.4 Å². The maximum Gasteiger partial charge on any atom is 0.411 e. The summed E-state index contributed by atoms with van der Waals surface area (Å²) in [6.45, 7) is 9.32. The summed E-state index contributed by atoms with van der Waals surface area (Å²) in [6.07, 6.45) is 0.977. The molecular weight excluding hydrogens is 444 g/mol. The monoisotopic (exact) mass is 478 g/mol. The van der Waals surface area contributed by atoms with Crippen molar-refractivity contribution in [2.75, 3.05) is 25.1 Å². The quantitative estimate of drug-likeness (QED) is 0.313. The lowest BCUT2D eigenvalue weighted by Gasteiger charge is -2.13. The largest absolute Gasteiger partial charge is 0.506 e. The fraction of sp³-hybridized carbons (Fsp3) is 0.357. The molecule has 186 valence electrons. The van der Waals surface area contributed by atoms with Crippen LogP contribution < -0.4 is 15.4 Å². The third-order valence-electron chi connectivity index (χ3n) is 5.51. The maximum absolute atomic E-state index is 12.7. The highest BCUT2D eigenvalue weighted by Gasteiger charge is 2.16. The van der Waals surface area contributed by atoms with E-state index in [0.29, 0.717) is 36.2 Å². The lowest BCUT2D eigenvalue weighted by atomic mass is 10.0. The standard InChI is InChI=1S/C28H34N2O5/c1-18(2)17-35-28(33)30-24-9-7-8-22-21(24)11-12-23(26(22)31)27(32)29-14-5-6-15-34-25-13-10-19(3)16-20(25)4/h7-13,16,18,31H,5-6,14-15,17H2,1-4H3,(H,29,32)(H,30,33). The first-order valence-electron chi connectivity index (χ1n) is 11.9. The minimum absolute atomic E-state index is 0.127. The summed E-state index contributed by atoms with van der Waals surface area (Å²) in [7, 11) is 0. The summed E-state index contributed by atoms with van der Waals surface area (Å²) in [5.41, 5.74) is 2.99. The fourth-order valence-corrected chi connectivity index (χ4v) is 3.69. The summed E-state index contributed by atoms with van der Waals surface area (Å²) in [5.74, 6) is 0.623. The molecule has 0 fully saturated rings. The van der Waals surface area contributed by atoms with Crippen LogP contribution in [0.15, 0.2) is 48.5 Å². The first-order valence-corrected chi connectivity index (χ1v) is 11.9. The predicted octanol–water partition coefficient (Wildman–Crippen LogP) is 5.96. The fourth-order valence-electron chi connectivity index (χ4n) is 3.69. The molecule has 0 unspecified atom stereocenters. The van der Waals surface area contributed by atoms with Gasteiger partial charge < -0.3 is 19.9 Å². The van der Waals surface area contributed by atoms with Crippen LogP contribution in [-0.4, -0.2) is 36.9 Å². The number of rotatable bonds is 10. The topological polar surface area (TPSA) is 96.9 Å². The van der Waals surface area contributed by atoms with Crippen LogP contribution in [0.5, 0.6) is 11.5 Å². The number of hydrogen-bond acceptors (Lipinski definition) is 5. The lowest BCUT2D eigenvalue weighted by molar-refractivity contribution is 0.0950. The number of aryl methyl sites for hydroxylation is 2. The van der Waals surface area contributed by atoms with Gasteiger partial charge in [0.2, 0.25) is 0 Å². The van der Waals surface area contributed by atoms with E-state index in [4.69, 9.17) is 9.47 Å². The van der Waals surface area contributed by atoms with E-state index in [-0.39, 0.29) is 23.1 Å². The zero-order chi connectivity index (χ0) is 25.4. The number of carbonyl (C=O) groups is 2. The van der Waals surface area contributed by atoms with Gasteiger partial charge in [0.15, 0.2) is 0 Å².